The molecule has 15 heavy (non-hydrogen) atoms. The second-order valence-electron chi connectivity index (χ2n) is 3.70. The van der Waals surface area contributed by atoms with Crippen LogP contribution in [-0.2, 0) is 4.74 Å². The number of hydrogen-bond acceptors (Lipinski definition) is 4. The highest BCUT2D eigenvalue weighted by Gasteiger charge is 2.22. The number of aliphatic hydroxyl groups excluding tert-OH is 1. The van der Waals surface area contributed by atoms with E-state index in [9.17, 15) is 5.11 Å². The van der Waals surface area contributed by atoms with Gasteiger partial charge in [-0.3, -0.25) is 0 Å². The van der Waals surface area contributed by atoms with Gasteiger partial charge in [-0.15, -0.1) is 0 Å². The van der Waals surface area contributed by atoms with E-state index in [1.807, 2.05) is 24.3 Å². The summed E-state index contributed by atoms with van der Waals surface area (Å²) in [5.41, 5.74) is 7.53. The molecule has 1 heterocycles. The molecule has 4 nitrogen and oxygen atoms in total. The molecule has 0 radical (unpaired) electrons. The van der Waals surface area contributed by atoms with Gasteiger partial charge in [-0.2, -0.15) is 0 Å². The average Bonchev–Trinajstić information content (AvgIpc) is 2.29. The first-order valence-electron chi connectivity index (χ1n) is 5.12. The second kappa shape index (κ2) is 4.51. The van der Waals surface area contributed by atoms with Crippen LogP contribution in [0.4, 0.5) is 11.4 Å². The van der Waals surface area contributed by atoms with Gasteiger partial charge in [0.1, 0.15) is 0 Å². The predicted molar refractivity (Wildman–Crippen MR) is 59.9 cm³/mol. The van der Waals surface area contributed by atoms with Crippen LogP contribution in [0.2, 0.25) is 0 Å². The molecule has 1 aromatic carbocycles. The number of ether oxygens (including phenoxy) is 1. The molecule has 0 spiro atoms. The molecular weight excluding hydrogens is 192 g/mol. The number of anilines is 2. The first-order chi connectivity index (χ1) is 7.31. The van der Waals surface area contributed by atoms with Crippen molar-refractivity contribution in [3.63, 3.8) is 0 Å². The van der Waals surface area contributed by atoms with Crippen LogP contribution in [-0.4, -0.2) is 37.5 Å². The highest BCUT2D eigenvalue weighted by atomic mass is 16.5. The minimum Gasteiger partial charge on any atom is -0.399 e. The Morgan fingerprint density at radius 1 is 1.53 bits per heavy atom. The van der Waals surface area contributed by atoms with Gasteiger partial charge >= 0.3 is 0 Å². The lowest BCUT2D eigenvalue weighted by Gasteiger charge is -2.36. The van der Waals surface area contributed by atoms with Crippen LogP contribution >= 0.6 is 0 Å². The molecule has 0 aliphatic carbocycles. The van der Waals surface area contributed by atoms with E-state index in [0.717, 1.165) is 17.9 Å². The number of nitrogens with zero attached hydrogens (tertiary/aromatic N) is 1. The zero-order chi connectivity index (χ0) is 10.7. The molecule has 4 heteroatoms. The van der Waals surface area contributed by atoms with Crippen molar-refractivity contribution in [2.75, 3.05) is 37.0 Å². The molecule has 82 valence electrons. The van der Waals surface area contributed by atoms with E-state index in [1.54, 1.807) is 0 Å². The Kier molecular flexibility index (Phi) is 3.08. The maximum atomic E-state index is 9.24. The average molecular weight is 208 g/mol. The third-order valence-corrected chi connectivity index (χ3v) is 2.64. The topological polar surface area (TPSA) is 58.7 Å². The first-order valence-corrected chi connectivity index (χ1v) is 5.12. The quantitative estimate of drug-likeness (QED) is 0.693. The predicted octanol–water partition coefficient (Wildman–Crippen LogP) is 0.466. The van der Waals surface area contributed by atoms with E-state index >= 15 is 0 Å². The largest absolute Gasteiger partial charge is 0.399 e. The summed E-state index contributed by atoms with van der Waals surface area (Å²) in [6, 6.07) is 7.76. The number of nitrogen functional groups attached to an aromatic ring is 1. The summed E-state index contributed by atoms with van der Waals surface area (Å²) >= 11 is 0. The summed E-state index contributed by atoms with van der Waals surface area (Å²) in [5, 5.41) is 9.24. The highest BCUT2D eigenvalue weighted by Crippen LogP contribution is 2.21. The van der Waals surface area contributed by atoms with Crippen LogP contribution in [0.3, 0.4) is 0 Å². The van der Waals surface area contributed by atoms with Crippen LogP contribution < -0.4 is 10.6 Å². The molecule has 1 unspecified atom stereocenters. The molecule has 1 saturated heterocycles. The molecule has 0 bridgehead atoms. The Hall–Kier alpha value is -1.26. The number of aliphatic hydroxyl groups is 1. The van der Waals surface area contributed by atoms with Crippen LogP contribution in [0.25, 0.3) is 0 Å². The van der Waals surface area contributed by atoms with E-state index in [4.69, 9.17) is 10.5 Å². The van der Waals surface area contributed by atoms with Gasteiger partial charge in [-0.05, 0) is 18.2 Å². The van der Waals surface area contributed by atoms with Crippen LogP contribution in [0, 0.1) is 0 Å². The Morgan fingerprint density at radius 3 is 3.13 bits per heavy atom. The summed E-state index contributed by atoms with van der Waals surface area (Å²) in [6.45, 7) is 2.18. The SMILES string of the molecule is Nc1cccc(N2CCOCC2CO)c1. The number of rotatable bonds is 2. The molecule has 1 atom stereocenters. The van der Waals surface area contributed by atoms with Gasteiger partial charge in [0.15, 0.2) is 0 Å². The van der Waals surface area contributed by atoms with Gasteiger partial charge < -0.3 is 20.5 Å². The van der Waals surface area contributed by atoms with Crippen LogP contribution in [0.5, 0.6) is 0 Å². The lowest BCUT2D eigenvalue weighted by Crippen LogP contribution is -2.47. The third kappa shape index (κ3) is 2.22. The second-order valence-corrected chi connectivity index (χ2v) is 3.70. The van der Waals surface area contributed by atoms with E-state index in [2.05, 4.69) is 4.90 Å². The lowest BCUT2D eigenvalue weighted by molar-refractivity contribution is 0.0727. The van der Waals surface area contributed by atoms with Crippen molar-refractivity contribution in [3.05, 3.63) is 24.3 Å². The lowest BCUT2D eigenvalue weighted by atomic mass is 10.2. The number of morpholine rings is 1. The summed E-state index contributed by atoms with van der Waals surface area (Å²) < 4.78 is 5.32. The fourth-order valence-corrected chi connectivity index (χ4v) is 1.85. The van der Waals surface area contributed by atoms with Crippen molar-refractivity contribution >= 4 is 11.4 Å². The summed E-state index contributed by atoms with van der Waals surface area (Å²) in [4.78, 5) is 2.14. The van der Waals surface area contributed by atoms with Crippen molar-refractivity contribution < 1.29 is 9.84 Å². The van der Waals surface area contributed by atoms with Crippen molar-refractivity contribution in [1.82, 2.24) is 0 Å². The molecule has 1 aliphatic heterocycles. The van der Waals surface area contributed by atoms with Gasteiger partial charge in [-0.1, -0.05) is 6.07 Å². The first kappa shape index (κ1) is 10.3. The van der Waals surface area contributed by atoms with Crippen molar-refractivity contribution in [2.24, 2.45) is 0 Å². The number of nitrogens with two attached hydrogens (primary N) is 1. The zero-order valence-electron chi connectivity index (χ0n) is 8.60. The fourth-order valence-electron chi connectivity index (χ4n) is 1.85. The van der Waals surface area contributed by atoms with Crippen molar-refractivity contribution in [1.29, 1.82) is 0 Å². The highest BCUT2D eigenvalue weighted by molar-refractivity contribution is 5.56. The van der Waals surface area contributed by atoms with Gasteiger partial charge in [0, 0.05) is 17.9 Å². The Morgan fingerprint density at radius 2 is 2.40 bits per heavy atom. The van der Waals surface area contributed by atoms with Crippen molar-refractivity contribution in [2.45, 2.75) is 6.04 Å². The minimum absolute atomic E-state index is 0.0422. The van der Waals surface area contributed by atoms with Crippen LogP contribution in [0.15, 0.2) is 24.3 Å². The minimum atomic E-state index is 0.0422. The van der Waals surface area contributed by atoms with Gasteiger partial charge in [0.25, 0.3) is 0 Å². The van der Waals surface area contributed by atoms with E-state index in [-0.39, 0.29) is 12.6 Å². The molecule has 3 N–H and O–H groups in total. The number of benzene rings is 1. The zero-order valence-corrected chi connectivity index (χ0v) is 8.60. The third-order valence-electron chi connectivity index (χ3n) is 2.64. The van der Waals surface area contributed by atoms with Gasteiger partial charge in [0.05, 0.1) is 25.9 Å². The summed E-state index contributed by atoms with van der Waals surface area (Å²) in [5.74, 6) is 0. The molecule has 0 saturated carbocycles. The number of hydrogen-bond donors (Lipinski definition) is 2. The molecular formula is C11H16N2O2. The Balaban J connectivity index is 2.20. The molecule has 1 fully saturated rings. The van der Waals surface area contributed by atoms with E-state index < -0.39 is 0 Å². The van der Waals surface area contributed by atoms with Gasteiger partial charge in [-0.25, -0.2) is 0 Å². The summed E-state index contributed by atoms with van der Waals surface area (Å²) in [6.07, 6.45) is 0. The molecule has 0 amide bonds. The molecule has 0 aromatic heterocycles. The maximum Gasteiger partial charge on any atom is 0.0755 e. The monoisotopic (exact) mass is 208 g/mol. The van der Waals surface area contributed by atoms with E-state index in [0.29, 0.717) is 13.2 Å². The standard InChI is InChI=1S/C11H16N2O2/c12-9-2-1-3-10(6-9)13-4-5-15-8-11(13)7-14/h1-3,6,11,14H,4-5,7-8,12H2. The maximum absolute atomic E-state index is 9.24. The Bertz CT molecular complexity index is 330. The molecule has 2 rings (SSSR count). The molecule has 1 aliphatic rings. The fraction of sp³-hybridized carbons (Fsp3) is 0.455. The normalized spacial score (nSPS) is 21.7. The Labute approximate surface area is 89.3 Å². The van der Waals surface area contributed by atoms with E-state index in [1.165, 1.54) is 0 Å². The van der Waals surface area contributed by atoms with Gasteiger partial charge in [0.2, 0.25) is 0 Å². The van der Waals surface area contributed by atoms with Crippen LogP contribution in [0.1, 0.15) is 0 Å². The smallest absolute Gasteiger partial charge is 0.0755 e. The van der Waals surface area contributed by atoms with Crippen molar-refractivity contribution in [3.8, 4) is 0 Å². The summed E-state index contributed by atoms with van der Waals surface area (Å²) in [7, 11) is 0. The molecule has 1 aromatic rings.